The molecule has 0 fully saturated rings. The molecule has 0 spiro atoms. The number of carbonyl (C=O) groups is 2. The third kappa shape index (κ3) is 5.51. The monoisotopic (exact) mass is 293 g/mol. The van der Waals surface area contributed by atoms with E-state index in [1.807, 2.05) is 0 Å². The maximum atomic E-state index is 12.2. The summed E-state index contributed by atoms with van der Waals surface area (Å²) in [5, 5.41) is 2.70. The summed E-state index contributed by atoms with van der Waals surface area (Å²) < 4.78 is 4.87. The molecule has 1 aromatic rings. The van der Waals surface area contributed by atoms with Gasteiger partial charge in [-0.3, -0.25) is 14.6 Å². The minimum Gasteiger partial charge on any atom is -0.383 e. The number of nitrogens with zero attached hydrogens (tertiary/aromatic N) is 2. The maximum Gasteiger partial charge on any atom is 0.255 e. The van der Waals surface area contributed by atoms with Gasteiger partial charge >= 0.3 is 0 Å². The molecule has 1 rings (SSSR count). The third-order valence-electron chi connectivity index (χ3n) is 3.03. The molecular weight excluding hydrogens is 270 g/mol. The van der Waals surface area contributed by atoms with Crippen LogP contribution in [0.5, 0.6) is 0 Å². The van der Waals surface area contributed by atoms with Crippen LogP contribution >= 0.6 is 0 Å². The van der Waals surface area contributed by atoms with E-state index in [1.165, 1.54) is 12.4 Å². The van der Waals surface area contributed by atoms with Crippen LogP contribution in [-0.2, 0) is 4.74 Å². The lowest BCUT2D eigenvalue weighted by Crippen LogP contribution is -2.29. The number of nitrogens with one attached hydrogen (secondary N) is 1. The van der Waals surface area contributed by atoms with Gasteiger partial charge in [-0.15, -0.1) is 0 Å². The number of ether oxygens (including phenoxy) is 1. The van der Waals surface area contributed by atoms with Gasteiger partial charge in [0, 0.05) is 39.6 Å². The zero-order valence-corrected chi connectivity index (χ0v) is 12.9. The van der Waals surface area contributed by atoms with E-state index in [9.17, 15) is 9.59 Å². The molecule has 0 saturated carbocycles. The van der Waals surface area contributed by atoms with Gasteiger partial charge in [-0.1, -0.05) is 13.3 Å². The molecule has 1 aromatic heterocycles. The Labute approximate surface area is 125 Å². The number of unbranched alkanes of at least 4 members (excludes halogenated alkanes) is 1. The normalized spacial score (nSPS) is 10.2. The lowest BCUT2D eigenvalue weighted by atomic mass is 10.1. The van der Waals surface area contributed by atoms with Crippen molar-refractivity contribution in [3.63, 3.8) is 0 Å². The van der Waals surface area contributed by atoms with E-state index in [0.29, 0.717) is 30.8 Å². The summed E-state index contributed by atoms with van der Waals surface area (Å²) in [6.45, 7) is 3.63. The zero-order chi connectivity index (χ0) is 15.7. The average molecular weight is 293 g/mol. The Kier molecular flexibility index (Phi) is 7.39. The van der Waals surface area contributed by atoms with Crippen molar-refractivity contribution in [2.45, 2.75) is 19.8 Å². The number of pyridine rings is 1. The molecular formula is C15H23N3O3. The van der Waals surface area contributed by atoms with Crippen LogP contribution in [-0.4, -0.2) is 55.6 Å². The molecule has 0 aromatic carbocycles. The Morgan fingerprint density at radius 2 is 2.05 bits per heavy atom. The Morgan fingerprint density at radius 1 is 1.33 bits per heavy atom. The van der Waals surface area contributed by atoms with Crippen molar-refractivity contribution in [1.82, 2.24) is 15.2 Å². The van der Waals surface area contributed by atoms with Crippen LogP contribution in [0.2, 0.25) is 0 Å². The van der Waals surface area contributed by atoms with E-state index in [2.05, 4.69) is 17.2 Å². The summed E-state index contributed by atoms with van der Waals surface area (Å²) in [5.74, 6) is -0.382. The lowest BCUT2D eigenvalue weighted by Gasteiger charge is -2.16. The van der Waals surface area contributed by atoms with E-state index in [1.54, 1.807) is 25.1 Å². The number of carbonyl (C=O) groups excluding carboxylic acids is 2. The minimum absolute atomic E-state index is 0.123. The largest absolute Gasteiger partial charge is 0.383 e. The van der Waals surface area contributed by atoms with Gasteiger partial charge in [-0.25, -0.2) is 0 Å². The predicted molar refractivity (Wildman–Crippen MR) is 80.3 cm³/mol. The van der Waals surface area contributed by atoms with Gasteiger partial charge < -0.3 is 15.0 Å². The number of hydrogen-bond donors (Lipinski definition) is 1. The van der Waals surface area contributed by atoms with Gasteiger partial charge in [0.1, 0.15) is 0 Å². The van der Waals surface area contributed by atoms with Crippen molar-refractivity contribution >= 4 is 11.8 Å². The van der Waals surface area contributed by atoms with Crippen molar-refractivity contribution in [3.8, 4) is 0 Å². The number of rotatable bonds is 8. The topological polar surface area (TPSA) is 71.5 Å². The fourth-order valence-electron chi connectivity index (χ4n) is 1.77. The Morgan fingerprint density at radius 3 is 2.71 bits per heavy atom. The van der Waals surface area contributed by atoms with Gasteiger partial charge in [0.15, 0.2) is 0 Å². The van der Waals surface area contributed by atoms with Gasteiger partial charge in [-0.2, -0.15) is 0 Å². The molecule has 116 valence electrons. The van der Waals surface area contributed by atoms with E-state index in [-0.39, 0.29) is 11.8 Å². The number of hydrogen-bond acceptors (Lipinski definition) is 4. The van der Waals surface area contributed by atoms with Crippen molar-refractivity contribution in [2.24, 2.45) is 0 Å². The molecule has 21 heavy (non-hydrogen) atoms. The highest BCUT2D eigenvalue weighted by molar-refractivity contribution is 5.99. The highest BCUT2D eigenvalue weighted by atomic mass is 16.5. The van der Waals surface area contributed by atoms with Gasteiger partial charge in [-0.05, 0) is 12.5 Å². The number of aromatic nitrogens is 1. The minimum atomic E-state index is -0.259. The summed E-state index contributed by atoms with van der Waals surface area (Å²) in [6, 6.07) is 1.57. The van der Waals surface area contributed by atoms with E-state index in [0.717, 1.165) is 12.8 Å². The second-order valence-corrected chi connectivity index (χ2v) is 4.79. The van der Waals surface area contributed by atoms with Crippen molar-refractivity contribution < 1.29 is 14.3 Å². The Balaban J connectivity index is 2.71. The standard InChI is InChI=1S/C15H23N3O3/c1-4-5-7-18(2)15(20)13-9-12(10-16-11-13)14(19)17-6-8-21-3/h9-11H,4-8H2,1-3H3,(H,17,19). The third-order valence-corrected chi connectivity index (χ3v) is 3.03. The number of amides is 2. The molecule has 0 saturated heterocycles. The second kappa shape index (κ2) is 9.07. The average Bonchev–Trinajstić information content (AvgIpc) is 2.52. The summed E-state index contributed by atoms with van der Waals surface area (Å²) in [7, 11) is 3.32. The van der Waals surface area contributed by atoms with Crippen LogP contribution in [0.4, 0.5) is 0 Å². The smallest absolute Gasteiger partial charge is 0.255 e. The summed E-state index contributed by atoms with van der Waals surface area (Å²) in [4.78, 5) is 29.7. The zero-order valence-electron chi connectivity index (χ0n) is 12.9. The Hall–Kier alpha value is -1.95. The fraction of sp³-hybridized carbons (Fsp3) is 0.533. The molecule has 6 heteroatoms. The SMILES string of the molecule is CCCCN(C)C(=O)c1cncc(C(=O)NCCOC)c1. The van der Waals surface area contributed by atoms with Crippen LogP contribution in [0.3, 0.4) is 0 Å². The summed E-state index contributed by atoms with van der Waals surface area (Å²) in [6.07, 6.45) is 4.91. The van der Waals surface area contributed by atoms with Crippen LogP contribution in [0, 0.1) is 0 Å². The molecule has 0 aliphatic heterocycles. The van der Waals surface area contributed by atoms with Gasteiger partial charge in [0.2, 0.25) is 0 Å². The van der Waals surface area contributed by atoms with E-state index in [4.69, 9.17) is 4.74 Å². The Bertz CT molecular complexity index is 477. The highest BCUT2D eigenvalue weighted by Gasteiger charge is 2.14. The van der Waals surface area contributed by atoms with Gasteiger partial charge in [0.25, 0.3) is 11.8 Å². The first-order valence-electron chi connectivity index (χ1n) is 7.07. The number of methoxy groups -OCH3 is 1. The fourth-order valence-corrected chi connectivity index (χ4v) is 1.77. The molecule has 0 unspecified atom stereocenters. The molecule has 6 nitrogen and oxygen atoms in total. The quantitative estimate of drug-likeness (QED) is 0.734. The lowest BCUT2D eigenvalue weighted by molar-refractivity contribution is 0.0793. The van der Waals surface area contributed by atoms with Gasteiger partial charge in [0.05, 0.1) is 17.7 Å². The summed E-state index contributed by atoms with van der Waals surface area (Å²) in [5.41, 5.74) is 0.800. The summed E-state index contributed by atoms with van der Waals surface area (Å²) >= 11 is 0. The van der Waals surface area contributed by atoms with Crippen LogP contribution in [0.15, 0.2) is 18.5 Å². The molecule has 0 aliphatic rings. The molecule has 1 N–H and O–H groups in total. The molecule has 0 atom stereocenters. The first kappa shape index (κ1) is 17.1. The molecule has 0 radical (unpaired) electrons. The van der Waals surface area contributed by atoms with Crippen molar-refractivity contribution in [2.75, 3.05) is 33.9 Å². The molecule has 0 bridgehead atoms. The van der Waals surface area contributed by atoms with Crippen LogP contribution < -0.4 is 5.32 Å². The maximum absolute atomic E-state index is 12.2. The molecule has 1 heterocycles. The first-order valence-corrected chi connectivity index (χ1v) is 7.07. The molecule has 0 aliphatic carbocycles. The first-order chi connectivity index (χ1) is 10.1. The van der Waals surface area contributed by atoms with Crippen LogP contribution in [0.25, 0.3) is 0 Å². The van der Waals surface area contributed by atoms with Crippen molar-refractivity contribution in [3.05, 3.63) is 29.6 Å². The van der Waals surface area contributed by atoms with E-state index < -0.39 is 0 Å². The van der Waals surface area contributed by atoms with Crippen LogP contribution in [0.1, 0.15) is 40.5 Å². The highest BCUT2D eigenvalue weighted by Crippen LogP contribution is 2.07. The van der Waals surface area contributed by atoms with E-state index >= 15 is 0 Å². The predicted octanol–water partition coefficient (Wildman–Crippen LogP) is 1.33. The van der Waals surface area contributed by atoms with Crippen molar-refractivity contribution in [1.29, 1.82) is 0 Å². The second-order valence-electron chi connectivity index (χ2n) is 4.79. The molecule has 2 amide bonds.